The van der Waals surface area contributed by atoms with Gasteiger partial charge in [0.1, 0.15) is 5.78 Å². The number of ketones is 1. The highest BCUT2D eigenvalue weighted by Gasteiger charge is 2.17. The van der Waals surface area contributed by atoms with Crippen molar-refractivity contribution in [1.82, 2.24) is 4.68 Å². The Kier molecular flexibility index (Phi) is 6.58. The van der Waals surface area contributed by atoms with Crippen LogP contribution in [-0.2, 0) is 29.6 Å². The summed E-state index contributed by atoms with van der Waals surface area (Å²) in [5.41, 5.74) is 6.81. The van der Waals surface area contributed by atoms with E-state index in [0.29, 0.717) is 31.6 Å². The lowest BCUT2D eigenvalue weighted by Gasteiger charge is -1.98. The van der Waals surface area contributed by atoms with E-state index in [4.69, 9.17) is 10.8 Å². The normalized spacial score (nSPS) is 11.1. The van der Waals surface area contributed by atoms with Gasteiger partial charge in [-0.2, -0.15) is 0 Å². The van der Waals surface area contributed by atoms with Crippen molar-refractivity contribution < 1.29 is 19.4 Å². The van der Waals surface area contributed by atoms with E-state index in [1.165, 1.54) is 6.21 Å². The highest BCUT2D eigenvalue weighted by Crippen LogP contribution is 2.11. The molecule has 0 aliphatic heterocycles. The number of carbonyl (C=O) groups excluding carboxylic acids is 1. The Labute approximate surface area is 124 Å². The van der Waals surface area contributed by atoms with Gasteiger partial charge in [-0.15, -0.1) is 9.36 Å². The average Bonchev–Trinajstić information content (AvgIpc) is 2.70. The molecule has 0 fully saturated rings. The Balaban J connectivity index is 2.37. The first-order valence-corrected chi connectivity index (χ1v) is 7.01. The zero-order chi connectivity index (χ0) is 15.8. The Morgan fingerprint density at radius 3 is 2.81 bits per heavy atom. The summed E-state index contributed by atoms with van der Waals surface area (Å²) < 4.78 is 3.78. The van der Waals surface area contributed by atoms with Crippen LogP contribution in [0, 0.1) is 0 Å². The third-order valence-electron chi connectivity index (χ3n) is 3.22. The minimum absolute atomic E-state index is 0.0779. The molecule has 0 saturated heterocycles. The van der Waals surface area contributed by atoms with Gasteiger partial charge in [-0.05, 0) is 13.3 Å². The molecule has 0 saturated carbocycles. The van der Waals surface area contributed by atoms with Crippen molar-refractivity contribution >= 4 is 23.8 Å². The standard InChI is InChI=1S/C14H22N4O3/c1-3-18-10-11(14(15)17(18)2)9-12(19)5-4-7-16-8-6-13(20)21/h8,10,15H,3-7,9H2,1-2H3,(H,20,21)/p+1. The van der Waals surface area contributed by atoms with Crippen LogP contribution in [-0.4, -0.2) is 34.3 Å². The van der Waals surface area contributed by atoms with Gasteiger partial charge in [0.25, 0.3) is 0 Å². The quantitative estimate of drug-likeness (QED) is 0.390. The highest BCUT2D eigenvalue weighted by molar-refractivity contribution is 5.84. The van der Waals surface area contributed by atoms with Gasteiger partial charge in [-0.1, -0.05) is 0 Å². The molecule has 1 rings (SSSR count). The molecule has 0 aromatic carbocycles. The molecule has 0 spiro atoms. The second-order valence-corrected chi connectivity index (χ2v) is 4.82. The Bertz CT molecular complexity index is 535. The van der Waals surface area contributed by atoms with Crippen LogP contribution in [0.15, 0.2) is 11.2 Å². The molecule has 7 heteroatoms. The molecule has 1 aromatic heterocycles. The molecule has 1 aromatic rings. The fraction of sp³-hybridized carbons (Fsp3) is 0.571. The Hall–Kier alpha value is -2.18. The van der Waals surface area contributed by atoms with Crippen molar-refractivity contribution in [3.05, 3.63) is 11.8 Å². The van der Waals surface area contributed by atoms with Crippen LogP contribution in [0.1, 0.15) is 31.7 Å². The summed E-state index contributed by atoms with van der Waals surface area (Å²) in [5.74, 6) is -0.174. The fourth-order valence-corrected chi connectivity index (χ4v) is 2.02. The van der Waals surface area contributed by atoms with Gasteiger partial charge < -0.3 is 10.8 Å². The number of aryl methyl sites for hydroxylation is 1. The number of aliphatic imine (C=N–C) groups is 1. The number of hydrogen-bond donors (Lipinski definition) is 2. The van der Waals surface area contributed by atoms with Gasteiger partial charge in [0.2, 0.25) is 6.20 Å². The number of carboxylic acid groups (broad SMARTS) is 1. The van der Waals surface area contributed by atoms with Gasteiger partial charge in [0.05, 0.1) is 19.0 Å². The maximum absolute atomic E-state index is 11.9. The topological polar surface area (TPSA) is 102 Å². The SMILES string of the molecule is CC[n+]1cc(CC(=O)CCCN=CCC(=O)O)c(N)n1C. The number of aromatic nitrogens is 2. The number of nitrogens with two attached hydrogens (primary N) is 1. The summed E-state index contributed by atoms with van der Waals surface area (Å²) in [7, 11) is 1.87. The largest absolute Gasteiger partial charge is 0.481 e. The number of hydrogen-bond acceptors (Lipinski definition) is 4. The van der Waals surface area contributed by atoms with Crippen molar-refractivity contribution in [3.8, 4) is 0 Å². The van der Waals surface area contributed by atoms with Crippen LogP contribution in [0.4, 0.5) is 5.82 Å². The molecule has 7 nitrogen and oxygen atoms in total. The van der Waals surface area contributed by atoms with Gasteiger partial charge in [0, 0.05) is 25.6 Å². The lowest BCUT2D eigenvalue weighted by molar-refractivity contribution is -0.769. The van der Waals surface area contributed by atoms with Crippen molar-refractivity contribution in [1.29, 1.82) is 0 Å². The van der Waals surface area contributed by atoms with E-state index < -0.39 is 5.97 Å². The number of carbonyl (C=O) groups is 2. The van der Waals surface area contributed by atoms with Gasteiger partial charge in [-0.3, -0.25) is 14.6 Å². The molecule has 0 bridgehead atoms. The highest BCUT2D eigenvalue weighted by atomic mass is 16.4. The zero-order valence-electron chi connectivity index (χ0n) is 12.6. The third kappa shape index (κ3) is 5.37. The van der Waals surface area contributed by atoms with E-state index in [9.17, 15) is 9.59 Å². The molecular formula is C14H23N4O3+. The van der Waals surface area contributed by atoms with Crippen LogP contribution in [0.2, 0.25) is 0 Å². The molecule has 21 heavy (non-hydrogen) atoms. The number of nitrogen functional groups attached to an aromatic ring is 1. The van der Waals surface area contributed by atoms with Crippen LogP contribution >= 0.6 is 0 Å². The third-order valence-corrected chi connectivity index (χ3v) is 3.22. The summed E-state index contributed by atoms with van der Waals surface area (Å²) in [4.78, 5) is 26.1. The minimum Gasteiger partial charge on any atom is -0.481 e. The number of aliphatic carboxylic acids is 1. The molecule has 3 N–H and O–H groups in total. The molecule has 1 heterocycles. The van der Waals surface area contributed by atoms with E-state index in [1.54, 1.807) is 0 Å². The van der Waals surface area contributed by atoms with Gasteiger partial charge in [0.15, 0.2) is 12.4 Å². The second-order valence-electron chi connectivity index (χ2n) is 4.82. The van der Waals surface area contributed by atoms with Crippen molar-refractivity contribution in [2.45, 2.75) is 39.2 Å². The van der Waals surface area contributed by atoms with E-state index in [-0.39, 0.29) is 12.2 Å². The van der Waals surface area contributed by atoms with Crippen LogP contribution in [0.25, 0.3) is 0 Å². The van der Waals surface area contributed by atoms with Crippen molar-refractivity contribution in [2.75, 3.05) is 12.3 Å². The maximum Gasteiger partial charge on any atom is 0.308 e. The van der Waals surface area contributed by atoms with Crippen molar-refractivity contribution in [3.63, 3.8) is 0 Å². The van der Waals surface area contributed by atoms with Crippen LogP contribution in [0.5, 0.6) is 0 Å². The zero-order valence-corrected chi connectivity index (χ0v) is 12.6. The number of carboxylic acids is 1. The summed E-state index contributed by atoms with van der Waals surface area (Å²) in [5, 5.41) is 8.43. The Morgan fingerprint density at radius 2 is 2.24 bits per heavy atom. The molecule has 0 aliphatic rings. The minimum atomic E-state index is -0.904. The number of Topliss-reactive ketones (excluding diaryl/α,β-unsaturated/α-hetero) is 1. The number of nitrogens with zero attached hydrogens (tertiary/aromatic N) is 3. The summed E-state index contributed by atoms with van der Waals surface area (Å²) in [6.45, 7) is 3.28. The predicted octanol–water partition coefficient (Wildman–Crippen LogP) is 0.352. The molecule has 0 radical (unpaired) electrons. The van der Waals surface area contributed by atoms with Gasteiger partial charge in [-0.25, -0.2) is 0 Å². The van der Waals surface area contributed by atoms with E-state index in [0.717, 1.165) is 12.1 Å². The second kappa shape index (κ2) is 8.18. The smallest absolute Gasteiger partial charge is 0.308 e. The first kappa shape index (κ1) is 16.9. The molecule has 116 valence electrons. The molecule has 0 unspecified atom stereocenters. The maximum atomic E-state index is 11.9. The van der Waals surface area contributed by atoms with Gasteiger partial charge >= 0.3 is 5.97 Å². The molecule has 0 atom stereocenters. The monoisotopic (exact) mass is 295 g/mol. The number of rotatable bonds is 9. The Morgan fingerprint density at radius 1 is 1.52 bits per heavy atom. The lowest BCUT2D eigenvalue weighted by atomic mass is 10.1. The van der Waals surface area contributed by atoms with E-state index in [2.05, 4.69) is 4.99 Å². The van der Waals surface area contributed by atoms with Crippen LogP contribution < -0.4 is 10.4 Å². The fourth-order valence-electron chi connectivity index (χ4n) is 2.02. The first-order chi connectivity index (χ1) is 9.95. The number of anilines is 1. The summed E-state index contributed by atoms with van der Waals surface area (Å²) in [6, 6.07) is 0. The molecule has 0 amide bonds. The van der Waals surface area contributed by atoms with E-state index in [1.807, 2.05) is 29.5 Å². The molecule has 0 aliphatic carbocycles. The predicted molar refractivity (Wildman–Crippen MR) is 79.3 cm³/mol. The summed E-state index contributed by atoms with van der Waals surface area (Å²) >= 11 is 0. The summed E-state index contributed by atoms with van der Waals surface area (Å²) in [6.07, 6.45) is 4.56. The van der Waals surface area contributed by atoms with Crippen LogP contribution in [0.3, 0.4) is 0 Å². The molecular weight excluding hydrogens is 272 g/mol. The van der Waals surface area contributed by atoms with Crippen molar-refractivity contribution in [2.24, 2.45) is 12.0 Å². The lowest BCUT2D eigenvalue weighted by Crippen LogP contribution is -2.40. The average molecular weight is 295 g/mol. The first-order valence-electron chi connectivity index (χ1n) is 7.01. The van der Waals surface area contributed by atoms with E-state index >= 15 is 0 Å².